The van der Waals surface area contributed by atoms with Crippen molar-refractivity contribution in [2.45, 2.75) is 251 Å². The van der Waals surface area contributed by atoms with Crippen molar-refractivity contribution in [1.29, 1.82) is 0 Å². The number of hydrogen-bond acceptors (Lipinski definition) is 15. The van der Waals surface area contributed by atoms with E-state index < -0.39 is 97.5 Å². The zero-order chi connectivity index (χ0) is 74.6. The number of hydrogen-bond donors (Lipinski definition) is 3. The molecule has 0 radical (unpaired) electrons. The van der Waals surface area contributed by atoms with Crippen LogP contribution >= 0.6 is 15.6 Å². The van der Waals surface area contributed by atoms with Crippen molar-refractivity contribution in [3.8, 4) is 0 Å². The summed E-state index contributed by atoms with van der Waals surface area (Å²) in [5, 5.41) is 10.6. The summed E-state index contributed by atoms with van der Waals surface area (Å²) in [5.74, 6) is -2.55. The molecule has 0 rings (SSSR count). The molecule has 0 aromatic carbocycles. The average Bonchev–Trinajstić information content (AvgIpc) is 0.926. The zero-order valence-electron chi connectivity index (χ0n) is 62.2. The fraction of sp³-hybridized carbons (Fsp3) is 0.542. The first-order valence-corrected chi connectivity index (χ1v) is 40.3. The van der Waals surface area contributed by atoms with Crippen molar-refractivity contribution >= 4 is 39.5 Å². The number of phosphoric ester groups is 2. The van der Waals surface area contributed by atoms with E-state index in [1.807, 2.05) is 30.4 Å². The maximum atomic E-state index is 13.1. The van der Waals surface area contributed by atoms with Gasteiger partial charge in [0.1, 0.15) is 19.3 Å². The number of esters is 4. The predicted octanol–water partition coefficient (Wildman–Crippen LogP) is 21.5. The van der Waals surface area contributed by atoms with Crippen LogP contribution in [0.25, 0.3) is 0 Å². The summed E-state index contributed by atoms with van der Waals surface area (Å²) in [6.45, 7) is 4.08. The fourth-order valence-electron chi connectivity index (χ4n) is 8.78. The SMILES string of the molecule is CC/C=C\C/C=C\C/C=C\C/C=C\C/C=C\CC(=O)OCC(COP(=O)(O)OCC(O)COP(=O)(O)OCC(COC(=O)CCCCCC/C=C\C/C=C\C/C=C\C/C=C\CC)OC(=O)C/C=C\C/C=C\C/C=C\C/C=C\C/C=C\CC)OC(=O)CCCCCCC/C=C\C/C=C\C/C=C\CC. The Morgan fingerprint density at radius 1 is 0.284 bits per heavy atom. The number of rotatable bonds is 67. The summed E-state index contributed by atoms with van der Waals surface area (Å²) < 4.78 is 68.1. The number of phosphoric acid groups is 2. The van der Waals surface area contributed by atoms with E-state index >= 15 is 0 Å². The van der Waals surface area contributed by atoms with Crippen molar-refractivity contribution < 1.29 is 80.2 Å². The average molecular weight is 1460 g/mol. The van der Waals surface area contributed by atoms with Gasteiger partial charge in [0, 0.05) is 12.8 Å². The summed E-state index contributed by atoms with van der Waals surface area (Å²) in [7, 11) is -10.0. The molecule has 17 nitrogen and oxygen atoms in total. The summed E-state index contributed by atoms with van der Waals surface area (Å²) in [5.41, 5.74) is 0. The first kappa shape index (κ1) is 95.6. The van der Waals surface area contributed by atoms with Gasteiger partial charge < -0.3 is 33.8 Å². The van der Waals surface area contributed by atoms with Crippen LogP contribution in [0.2, 0.25) is 0 Å². The number of aliphatic hydroxyl groups excluding tert-OH is 1. The second-order valence-electron chi connectivity index (χ2n) is 23.7. The van der Waals surface area contributed by atoms with E-state index in [-0.39, 0.29) is 25.7 Å². The smallest absolute Gasteiger partial charge is 0.462 e. The lowest BCUT2D eigenvalue weighted by atomic mass is 10.1. The molecule has 0 aromatic rings. The summed E-state index contributed by atoms with van der Waals surface area (Å²) in [6.07, 6.45) is 90.3. The van der Waals surface area contributed by atoms with Gasteiger partial charge in [-0.25, -0.2) is 9.13 Å². The number of ether oxygens (including phenoxy) is 4. The highest BCUT2D eigenvalue weighted by molar-refractivity contribution is 7.47. The quantitative estimate of drug-likeness (QED) is 0.0169. The van der Waals surface area contributed by atoms with Gasteiger partial charge in [0.15, 0.2) is 12.2 Å². The topological polar surface area (TPSA) is 237 Å². The van der Waals surface area contributed by atoms with Crippen molar-refractivity contribution in [3.05, 3.63) is 207 Å². The number of allylic oxidation sites excluding steroid dienone is 32. The Hall–Kier alpha value is -6.36. The van der Waals surface area contributed by atoms with Gasteiger partial charge in [-0.2, -0.15) is 0 Å². The van der Waals surface area contributed by atoms with E-state index in [0.29, 0.717) is 25.7 Å². The van der Waals surface area contributed by atoms with Crippen molar-refractivity contribution in [2.24, 2.45) is 0 Å². The zero-order valence-corrected chi connectivity index (χ0v) is 64.0. The number of aliphatic hydroxyl groups is 1. The van der Waals surface area contributed by atoms with Gasteiger partial charge in [-0.3, -0.25) is 37.3 Å². The second-order valence-corrected chi connectivity index (χ2v) is 26.6. The van der Waals surface area contributed by atoms with Gasteiger partial charge in [0.25, 0.3) is 0 Å². The molecule has 0 bridgehead atoms. The lowest BCUT2D eigenvalue weighted by Crippen LogP contribution is -2.30. The minimum atomic E-state index is -5.02. The van der Waals surface area contributed by atoms with Gasteiger partial charge in [0.05, 0.1) is 39.3 Å². The molecule has 0 aliphatic heterocycles. The van der Waals surface area contributed by atoms with E-state index in [2.05, 4.69) is 186 Å². The van der Waals surface area contributed by atoms with Gasteiger partial charge in [-0.05, 0) is 148 Å². The van der Waals surface area contributed by atoms with Crippen LogP contribution in [0.5, 0.6) is 0 Å². The summed E-state index contributed by atoms with van der Waals surface area (Å²) >= 11 is 0. The van der Waals surface area contributed by atoms with Crippen molar-refractivity contribution in [3.63, 3.8) is 0 Å². The fourth-order valence-corrected chi connectivity index (χ4v) is 10.4. The van der Waals surface area contributed by atoms with Gasteiger partial charge >= 0.3 is 39.5 Å². The predicted molar refractivity (Wildman–Crippen MR) is 417 cm³/mol. The molecule has 0 aliphatic rings. The highest BCUT2D eigenvalue weighted by Gasteiger charge is 2.30. The van der Waals surface area contributed by atoms with Crippen LogP contribution in [0.4, 0.5) is 0 Å². The van der Waals surface area contributed by atoms with E-state index in [0.717, 1.165) is 154 Å². The van der Waals surface area contributed by atoms with Crippen LogP contribution in [0.15, 0.2) is 207 Å². The molecule has 0 amide bonds. The van der Waals surface area contributed by atoms with Crippen LogP contribution in [-0.4, -0.2) is 96.7 Å². The lowest BCUT2D eigenvalue weighted by molar-refractivity contribution is -0.160. The van der Waals surface area contributed by atoms with E-state index in [1.165, 1.54) is 0 Å². The Morgan fingerprint density at radius 2 is 0.529 bits per heavy atom. The third-order valence-electron chi connectivity index (χ3n) is 14.3. The first-order valence-electron chi connectivity index (χ1n) is 37.3. The summed E-state index contributed by atoms with van der Waals surface area (Å²) in [4.78, 5) is 72.7. The van der Waals surface area contributed by atoms with E-state index in [1.54, 1.807) is 18.2 Å². The molecule has 0 fully saturated rings. The van der Waals surface area contributed by atoms with Gasteiger partial charge in [0.2, 0.25) is 0 Å². The van der Waals surface area contributed by atoms with Gasteiger partial charge in [-0.1, -0.05) is 266 Å². The van der Waals surface area contributed by atoms with Crippen LogP contribution in [0.3, 0.4) is 0 Å². The van der Waals surface area contributed by atoms with Gasteiger partial charge in [-0.15, -0.1) is 0 Å². The van der Waals surface area contributed by atoms with Crippen LogP contribution in [0.1, 0.15) is 233 Å². The minimum absolute atomic E-state index is 0.0441. The molecule has 0 heterocycles. The van der Waals surface area contributed by atoms with Crippen LogP contribution in [-0.2, 0) is 65.4 Å². The molecule has 0 spiro atoms. The molecule has 0 saturated carbocycles. The Labute approximate surface area is 614 Å². The number of carbonyl (C=O) groups is 4. The molecular weight excluding hydrogens is 1330 g/mol. The second kappa shape index (κ2) is 73.0. The normalized spacial score (nSPS) is 15.1. The Morgan fingerprint density at radius 3 is 0.863 bits per heavy atom. The largest absolute Gasteiger partial charge is 0.472 e. The molecule has 0 aromatic heterocycles. The highest BCUT2D eigenvalue weighted by atomic mass is 31.2. The van der Waals surface area contributed by atoms with Crippen LogP contribution < -0.4 is 0 Å². The van der Waals surface area contributed by atoms with E-state index in [9.17, 15) is 43.2 Å². The third kappa shape index (κ3) is 72.0. The maximum absolute atomic E-state index is 13.1. The van der Waals surface area contributed by atoms with Crippen molar-refractivity contribution in [1.82, 2.24) is 0 Å². The molecular formula is C83H128O17P2. The molecule has 5 atom stereocenters. The Balaban J connectivity index is 5.56. The third-order valence-corrected chi connectivity index (χ3v) is 16.2. The maximum Gasteiger partial charge on any atom is 0.472 e. The van der Waals surface area contributed by atoms with Crippen molar-refractivity contribution in [2.75, 3.05) is 39.6 Å². The minimum Gasteiger partial charge on any atom is -0.462 e. The summed E-state index contributed by atoms with van der Waals surface area (Å²) in [6, 6.07) is 0. The molecule has 3 N–H and O–H groups in total. The first-order chi connectivity index (χ1) is 49.7. The van der Waals surface area contributed by atoms with E-state index in [4.69, 9.17) is 37.0 Å². The monoisotopic (exact) mass is 1460 g/mol. The molecule has 5 unspecified atom stereocenters. The highest BCUT2D eigenvalue weighted by Crippen LogP contribution is 2.45. The molecule has 0 aliphatic carbocycles. The standard InChI is InChI=1S/C83H128O17P2/c1-5-9-13-17-21-25-29-33-37-38-42-44-48-52-56-60-64-68-81(86)94-74-79(100-83(88)70-66-62-58-54-50-46-41-36-32-28-24-20-16-12-8-4)76-98-102(91,92)96-72-77(84)71-95-101(89,90)97-75-78(99-82(87)69-65-61-57-53-49-45-40-35-31-27-23-19-15-11-7-3)73-93-80(85)67-63-59-55-51-47-43-39-34-30-26-22-18-14-10-6-2/h9-16,21-28,33-37,39-42,44,47,50-51,54,59,62-63,66,77-79,84H,5-8,17-20,29-32,38,43,45-46,48-49,52-53,55-58,60-61,64-65,67-76H2,1-4H3,(H,89,90)(H,91,92)/b13-9-,14-10-,15-11-,16-12-,25-21-,26-22-,27-23-,28-24-,37-33-,39-34-,40-35-,41-36-,44-42-,51-47-,54-50-,63-59-,66-62-. The Bertz CT molecular complexity index is 2750. The molecule has 102 heavy (non-hydrogen) atoms. The molecule has 0 saturated heterocycles. The Kier molecular flexibility index (Phi) is 68.4. The molecule has 572 valence electrons. The number of unbranched alkanes of at least 4 members (excludes halogenated alkanes) is 9. The lowest BCUT2D eigenvalue weighted by Gasteiger charge is -2.21. The molecule has 19 heteroatoms. The number of carbonyl (C=O) groups excluding carboxylic acids is 4. The van der Waals surface area contributed by atoms with Crippen LogP contribution in [0, 0.1) is 0 Å².